The average Bonchev–Trinajstić information content (AvgIpc) is 2.42. The van der Waals surface area contributed by atoms with Gasteiger partial charge in [0.2, 0.25) is 0 Å². The van der Waals surface area contributed by atoms with Crippen LogP contribution in [-0.4, -0.2) is 23.9 Å². The molecule has 1 aromatic carbocycles. The molecule has 0 radical (unpaired) electrons. The zero-order valence-corrected chi connectivity index (χ0v) is 13.5. The number of ether oxygens (including phenoxy) is 1. The molecule has 0 heterocycles. The molecule has 0 aromatic heterocycles. The van der Waals surface area contributed by atoms with Crippen LogP contribution in [0.15, 0.2) is 23.1 Å². The van der Waals surface area contributed by atoms with E-state index in [0.29, 0.717) is 22.9 Å². The van der Waals surface area contributed by atoms with Crippen LogP contribution in [0.3, 0.4) is 0 Å². The van der Waals surface area contributed by atoms with Crippen LogP contribution in [-0.2, 0) is 9.53 Å². The maximum atomic E-state index is 11.8. The summed E-state index contributed by atoms with van der Waals surface area (Å²) in [5.41, 5.74) is 5.32. The molecule has 1 fully saturated rings. The standard InChI is InChI=1S/C14H17Cl2NO2S/c1-19-13(18)14(17)6-2-3-10(8-14)20-9-4-5-11(15)12(16)7-9/h4-5,7,10H,2-3,6,8,17H2,1H3. The van der Waals surface area contributed by atoms with Crippen molar-refractivity contribution in [1.82, 2.24) is 0 Å². The molecule has 0 spiro atoms. The number of carbonyl (C=O) groups is 1. The van der Waals surface area contributed by atoms with Crippen molar-refractivity contribution in [2.75, 3.05) is 7.11 Å². The van der Waals surface area contributed by atoms with Gasteiger partial charge < -0.3 is 10.5 Å². The van der Waals surface area contributed by atoms with E-state index in [1.165, 1.54) is 7.11 Å². The first kappa shape index (κ1) is 16.0. The molecule has 2 unspecified atom stereocenters. The van der Waals surface area contributed by atoms with Crippen molar-refractivity contribution < 1.29 is 9.53 Å². The van der Waals surface area contributed by atoms with Crippen LogP contribution in [0.2, 0.25) is 10.0 Å². The first-order valence-electron chi connectivity index (χ1n) is 6.43. The van der Waals surface area contributed by atoms with Gasteiger partial charge >= 0.3 is 5.97 Å². The fraction of sp³-hybridized carbons (Fsp3) is 0.500. The highest BCUT2D eigenvalue weighted by Gasteiger charge is 2.40. The smallest absolute Gasteiger partial charge is 0.325 e. The van der Waals surface area contributed by atoms with Gasteiger partial charge in [0.25, 0.3) is 0 Å². The Morgan fingerprint density at radius 1 is 1.45 bits per heavy atom. The van der Waals surface area contributed by atoms with Gasteiger partial charge in [0, 0.05) is 10.1 Å². The Morgan fingerprint density at radius 3 is 2.85 bits per heavy atom. The molecule has 2 atom stereocenters. The summed E-state index contributed by atoms with van der Waals surface area (Å²) in [5.74, 6) is -0.322. The Balaban J connectivity index is 2.06. The first-order valence-corrected chi connectivity index (χ1v) is 8.07. The van der Waals surface area contributed by atoms with E-state index in [9.17, 15) is 4.79 Å². The summed E-state index contributed by atoms with van der Waals surface area (Å²) >= 11 is 13.6. The van der Waals surface area contributed by atoms with Gasteiger partial charge in [-0.2, -0.15) is 0 Å². The van der Waals surface area contributed by atoms with Crippen molar-refractivity contribution in [3.8, 4) is 0 Å². The molecule has 20 heavy (non-hydrogen) atoms. The second-order valence-electron chi connectivity index (χ2n) is 5.06. The van der Waals surface area contributed by atoms with Crippen molar-refractivity contribution in [3.05, 3.63) is 28.2 Å². The van der Waals surface area contributed by atoms with Gasteiger partial charge in [-0.15, -0.1) is 11.8 Å². The minimum atomic E-state index is -0.860. The largest absolute Gasteiger partial charge is 0.468 e. The lowest BCUT2D eigenvalue weighted by Gasteiger charge is -2.35. The molecule has 0 aliphatic heterocycles. The summed E-state index contributed by atoms with van der Waals surface area (Å²) in [6.07, 6.45) is 3.24. The number of benzene rings is 1. The van der Waals surface area contributed by atoms with Gasteiger partial charge in [0.15, 0.2) is 0 Å². The minimum Gasteiger partial charge on any atom is -0.468 e. The van der Waals surface area contributed by atoms with E-state index in [2.05, 4.69) is 0 Å². The van der Waals surface area contributed by atoms with Gasteiger partial charge in [0.05, 0.1) is 17.2 Å². The fourth-order valence-corrected chi connectivity index (χ4v) is 4.23. The molecule has 0 saturated heterocycles. The maximum absolute atomic E-state index is 11.8. The SMILES string of the molecule is COC(=O)C1(N)CCCC(Sc2ccc(Cl)c(Cl)c2)C1. The van der Waals surface area contributed by atoms with Gasteiger partial charge in [-0.3, -0.25) is 4.79 Å². The number of carbonyl (C=O) groups excluding carboxylic acids is 1. The molecule has 1 saturated carbocycles. The van der Waals surface area contributed by atoms with E-state index >= 15 is 0 Å². The predicted octanol–water partition coefficient (Wildman–Crippen LogP) is 3.90. The molecule has 0 bridgehead atoms. The van der Waals surface area contributed by atoms with E-state index in [1.807, 2.05) is 12.1 Å². The van der Waals surface area contributed by atoms with E-state index in [-0.39, 0.29) is 11.2 Å². The molecular formula is C14H17Cl2NO2S. The summed E-state index contributed by atoms with van der Waals surface area (Å²) in [7, 11) is 1.38. The monoisotopic (exact) mass is 333 g/mol. The van der Waals surface area contributed by atoms with Gasteiger partial charge in [-0.25, -0.2) is 0 Å². The Labute approximate surface area is 133 Å². The normalized spacial score (nSPS) is 26.3. The predicted molar refractivity (Wildman–Crippen MR) is 83.5 cm³/mol. The van der Waals surface area contributed by atoms with Crippen molar-refractivity contribution >= 4 is 40.9 Å². The quantitative estimate of drug-likeness (QED) is 0.852. The summed E-state index contributed by atoms with van der Waals surface area (Å²) in [4.78, 5) is 12.8. The Bertz CT molecular complexity index is 512. The second-order valence-corrected chi connectivity index (χ2v) is 7.25. The minimum absolute atomic E-state index is 0.282. The first-order chi connectivity index (χ1) is 9.44. The third-order valence-electron chi connectivity index (χ3n) is 3.53. The third kappa shape index (κ3) is 3.61. The highest BCUT2D eigenvalue weighted by Crippen LogP contribution is 2.39. The Hall–Kier alpha value is -0.420. The summed E-state index contributed by atoms with van der Waals surface area (Å²) < 4.78 is 4.81. The van der Waals surface area contributed by atoms with Crippen molar-refractivity contribution in [2.24, 2.45) is 5.73 Å². The molecule has 2 N–H and O–H groups in total. The van der Waals surface area contributed by atoms with Crippen LogP contribution in [0.1, 0.15) is 25.7 Å². The number of hydrogen-bond donors (Lipinski definition) is 1. The molecule has 1 aromatic rings. The highest BCUT2D eigenvalue weighted by molar-refractivity contribution is 8.00. The topological polar surface area (TPSA) is 52.3 Å². The Morgan fingerprint density at radius 2 is 2.20 bits per heavy atom. The van der Waals surface area contributed by atoms with Crippen LogP contribution >= 0.6 is 35.0 Å². The lowest BCUT2D eigenvalue weighted by atomic mass is 9.82. The van der Waals surface area contributed by atoms with E-state index in [0.717, 1.165) is 17.7 Å². The number of halogens is 2. The fourth-order valence-electron chi connectivity index (χ4n) is 2.49. The van der Waals surface area contributed by atoms with Crippen molar-refractivity contribution in [3.63, 3.8) is 0 Å². The van der Waals surface area contributed by atoms with Gasteiger partial charge in [-0.1, -0.05) is 23.2 Å². The van der Waals surface area contributed by atoms with E-state index in [4.69, 9.17) is 33.7 Å². The molecule has 6 heteroatoms. The van der Waals surface area contributed by atoms with Crippen LogP contribution in [0, 0.1) is 0 Å². The number of rotatable bonds is 3. The number of hydrogen-bond acceptors (Lipinski definition) is 4. The molecule has 2 rings (SSSR count). The highest BCUT2D eigenvalue weighted by atomic mass is 35.5. The van der Waals surface area contributed by atoms with Crippen molar-refractivity contribution in [2.45, 2.75) is 41.4 Å². The maximum Gasteiger partial charge on any atom is 0.325 e. The van der Waals surface area contributed by atoms with Gasteiger partial charge in [0.1, 0.15) is 5.54 Å². The molecule has 110 valence electrons. The number of esters is 1. The van der Waals surface area contributed by atoms with E-state index in [1.54, 1.807) is 17.8 Å². The van der Waals surface area contributed by atoms with E-state index < -0.39 is 5.54 Å². The average molecular weight is 334 g/mol. The lowest BCUT2D eigenvalue weighted by Crippen LogP contribution is -2.52. The zero-order valence-electron chi connectivity index (χ0n) is 11.2. The number of methoxy groups -OCH3 is 1. The van der Waals surface area contributed by atoms with Crippen LogP contribution in [0.5, 0.6) is 0 Å². The third-order valence-corrected chi connectivity index (χ3v) is 5.53. The Kier molecular flexibility index (Phi) is 5.24. The number of thioether (sulfide) groups is 1. The second kappa shape index (κ2) is 6.56. The summed E-state index contributed by atoms with van der Waals surface area (Å²) in [6, 6.07) is 5.56. The van der Waals surface area contributed by atoms with Crippen LogP contribution in [0.25, 0.3) is 0 Å². The van der Waals surface area contributed by atoms with Gasteiger partial charge in [-0.05, 0) is 43.9 Å². The lowest BCUT2D eigenvalue weighted by molar-refractivity contribution is -0.148. The van der Waals surface area contributed by atoms with Crippen LogP contribution in [0.4, 0.5) is 0 Å². The van der Waals surface area contributed by atoms with Crippen LogP contribution < -0.4 is 5.73 Å². The molecular weight excluding hydrogens is 317 g/mol. The number of nitrogens with two attached hydrogens (primary N) is 1. The summed E-state index contributed by atoms with van der Waals surface area (Å²) in [5, 5.41) is 1.37. The molecule has 1 aliphatic carbocycles. The molecule has 0 amide bonds. The molecule has 3 nitrogen and oxygen atoms in total. The van der Waals surface area contributed by atoms with Crippen molar-refractivity contribution in [1.29, 1.82) is 0 Å². The summed E-state index contributed by atoms with van der Waals surface area (Å²) in [6.45, 7) is 0. The molecule has 1 aliphatic rings. The zero-order chi connectivity index (χ0) is 14.8.